The van der Waals surface area contributed by atoms with E-state index in [0.29, 0.717) is 12.5 Å². The molecular formula is C14H20N2O. The standard InChI is InChI=1S/C14H20N2O/c1-12(17)9-14-11-16(8-7-15-14)10-13-5-3-2-4-6-13/h2-6,14-15H,7-11H2,1H3/t14-/m0/s1. The molecule has 0 spiro atoms. The number of nitrogens with zero attached hydrogens (tertiary/aromatic N) is 1. The van der Waals surface area contributed by atoms with Gasteiger partial charge in [-0.25, -0.2) is 0 Å². The maximum absolute atomic E-state index is 11.1. The molecule has 1 N–H and O–H groups in total. The monoisotopic (exact) mass is 232 g/mol. The van der Waals surface area contributed by atoms with Crippen molar-refractivity contribution >= 4 is 5.78 Å². The summed E-state index contributed by atoms with van der Waals surface area (Å²) < 4.78 is 0. The van der Waals surface area contributed by atoms with Gasteiger partial charge in [0, 0.05) is 38.6 Å². The lowest BCUT2D eigenvalue weighted by atomic mass is 10.1. The maximum atomic E-state index is 11.1. The molecule has 3 heteroatoms. The minimum absolute atomic E-state index is 0.268. The second-order valence-electron chi connectivity index (χ2n) is 4.78. The molecular weight excluding hydrogens is 212 g/mol. The second kappa shape index (κ2) is 5.94. The van der Waals surface area contributed by atoms with E-state index in [9.17, 15) is 4.79 Å². The normalized spacial score (nSPS) is 21.4. The number of Topliss-reactive ketones (excluding diaryl/α,β-unsaturated/α-hetero) is 1. The van der Waals surface area contributed by atoms with Gasteiger partial charge in [-0.15, -0.1) is 0 Å². The molecule has 2 rings (SSSR count). The number of nitrogens with one attached hydrogen (secondary N) is 1. The van der Waals surface area contributed by atoms with E-state index in [2.05, 4.69) is 34.5 Å². The van der Waals surface area contributed by atoms with Crippen LogP contribution in [0.15, 0.2) is 30.3 Å². The van der Waals surface area contributed by atoms with E-state index in [1.807, 2.05) is 6.07 Å². The molecule has 0 saturated carbocycles. The number of piperazine rings is 1. The number of rotatable bonds is 4. The third-order valence-corrected chi connectivity index (χ3v) is 3.12. The van der Waals surface area contributed by atoms with Crippen molar-refractivity contribution in [3.8, 4) is 0 Å². The van der Waals surface area contributed by atoms with Gasteiger partial charge < -0.3 is 5.32 Å². The lowest BCUT2D eigenvalue weighted by Crippen LogP contribution is -2.50. The minimum Gasteiger partial charge on any atom is -0.311 e. The van der Waals surface area contributed by atoms with Crippen LogP contribution in [0.1, 0.15) is 18.9 Å². The minimum atomic E-state index is 0.268. The van der Waals surface area contributed by atoms with Gasteiger partial charge in [-0.05, 0) is 12.5 Å². The summed E-state index contributed by atoms with van der Waals surface area (Å²) in [6.07, 6.45) is 0.644. The van der Waals surface area contributed by atoms with Crippen molar-refractivity contribution in [2.24, 2.45) is 0 Å². The van der Waals surface area contributed by atoms with E-state index < -0.39 is 0 Å². The summed E-state index contributed by atoms with van der Waals surface area (Å²) in [5, 5.41) is 3.40. The van der Waals surface area contributed by atoms with Gasteiger partial charge in [0.25, 0.3) is 0 Å². The fourth-order valence-corrected chi connectivity index (χ4v) is 2.36. The molecule has 0 radical (unpaired) electrons. The Morgan fingerprint density at radius 3 is 2.88 bits per heavy atom. The lowest BCUT2D eigenvalue weighted by Gasteiger charge is -2.33. The molecule has 92 valence electrons. The molecule has 1 aromatic carbocycles. The molecule has 1 fully saturated rings. The molecule has 1 heterocycles. The predicted octanol–water partition coefficient (Wildman–Crippen LogP) is 1.44. The maximum Gasteiger partial charge on any atom is 0.131 e. The Labute approximate surface area is 103 Å². The molecule has 0 amide bonds. The second-order valence-corrected chi connectivity index (χ2v) is 4.78. The molecule has 0 aromatic heterocycles. The van der Waals surface area contributed by atoms with Crippen LogP contribution >= 0.6 is 0 Å². The van der Waals surface area contributed by atoms with Gasteiger partial charge in [0.1, 0.15) is 5.78 Å². The van der Waals surface area contributed by atoms with Crippen LogP contribution in [0.5, 0.6) is 0 Å². The highest BCUT2D eigenvalue weighted by Gasteiger charge is 2.20. The number of carbonyl (C=O) groups is 1. The van der Waals surface area contributed by atoms with Crippen LogP contribution in [0.4, 0.5) is 0 Å². The van der Waals surface area contributed by atoms with Crippen LogP contribution in [0.25, 0.3) is 0 Å². The summed E-state index contributed by atoms with van der Waals surface area (Å²) in [4.78, 5) is 13.5. The first-order valence-corrected chi connectivity index (χ1v) is 6.23. The molecule has 0 unspecified atom stereocenters. The highest BCUT2D eigenvalue weighted by atomic mass is 16.1. The zero-order chi connectivity index (χ0) is 12.1. The fraction of sp³-hybridized carbons (Fsp3) is 0.500. The summed E-state index contributed by atoms with van der Waals surface area (Å²) in [6.45, 7) is 5.65. The number of hydrogen-bond acceptors (Lipinski definition) is 3. The molecule has 0 bridgehead atoms. The van der Waals surface area contributed by atoms with Crippen LogP contribution in [-0.4, -0.2) is 36.4 Å². The van der Waals surface area contributed by atoms with Crippen molar-refractivity contribution < 1.29 is 4.79 Å². The van der Waals surface area contributed by atoms with Gasteiger partial charge in [-0.3, -0.25) is 9.69 Å². The van der Waals surface area contributed by atoms with E-state index >= 15 is 0 Å². The van der Waals surface area contributed by atoms with Gasteiger partial charge in [0.05, 0.1) is 0 Å². The summed E-state index contributed by atoms with van der Waals surface area (Å²) in [7, 11) is 0. The fourth-order valence-electron chi connectivity index (χ4n) is 2.36. The van der Waals surface area contributed by atoms with Gasteiger partial charge in [-0.1, -0.05) is 30.3 Å². The Kier molecular flexibility index (Phi) is 4.29. The van der Waals surface area contributed by atoms with Crippen LogP contribution < -0.4 is 5.32 Å². The summed E-state index contributed by atoms with van der Waals surface area (Å²) in [5.74, 6) is 0.268. The molecule has 1 aliphatic heterocycles. The third-order valence-electron chi connectivity index (χ3n) is 3.12. The average molecular weight is 232 g/mol. The highest BCUT2D eigenvalue weighted by molar-refractivity contribution is 5.76. The van der Waals surface area contributed by atoms with Crippen molar-refractivity contribution in [3.63, 3.8) is 0 Å². The van der Waals surface area contributed by atoms with Crippen molar-refractivity contribution in [1.82, 2.24) is 10.2 Å². The Balaban J connectivity index is 1.87. The number of carbonyl (C=O) groups excluding carboxylic acids is 1. The number of benzene rings is 1. The van der Waals surface area contributed by atoms with Crippen LogP contribution in [0.3, 0.4) is 0 Å². The van der Waals surface area contributed by atoms with Crippen LogP contribution in [0.2, 0.25) is 0 Å². The molecule has 1 atom stereocenters. The Bertz CT molecular complexity index is 364. The Morgan fingerprint density at radius 2 is 2.18 bits per heavy atom. The smallest absolute Gasteiger partial charge is 0.131 e. The van der Waals surface area contributed by atoms with E-state index in [1.165, 1.54) is 5.56 Å². The molecule has 0 aliphatic carbocycles. The van der Waals surface area contributed by atoms with Gasteiger partial charge in [0.2, 0.25) is 0 Å². The first-order valence-electron chi connectivity index (χ1n) is 6.23. The zero-order valence-electron chi connectivity index (χ0n) is 10.4. The quantitative estimate of drug-likeness (QED) is 0.852. The highest BCUT2D eigenvalue weighted by Crippen LogP contribution is 2.09. The van der Waals surface area contributed by atoms with Crippen molar-refractivity contribution in [1.29, 1.82) is 0 Å². The van der Waals surface area contributed by atoms with E-state index in [1.54, 1.807) is 6.92 Å². The molecule has 1 aromatic rings. The first kappa shape index (κ1) is 12.3. The summed E-state index contributed by atoms with van der Waals surface area (Å²) in [5.41, 5.74) is 1.34. The molecule has 3 nitrogen and oxygen atoms in total. The van der Waals surface area contributed by atoms with Gasteiger partial charge in [-0.2, -0.15) is 0 Å². The number of hydrogen-bond donors (Lipinski definition) is 1. The van der Waals surface area contributed by atoms with Crippen molar-refractivity contribution in [2.75, 3.05) is 19.6 Å². The van der Waals surface area contributed by atoms with E-state index in [0.717, 1.165) is 26.2 Å². The summed E-state index contributed by atoms with van der Waals surface area (Å²) >= 11 is 0. The average Bonchev–Trinajstić information content (AvgIpc) is 2.30. The largest absolute Gasteiger partial charge is 0.311 e. The molecule has 17 heavy (non-hydrogen) atoms. The third kappa shape index (κ3) is 3.95. The predicted molar refractivity (Wildman–Crippen MR) is 68.8 cm³/mol. The Hall–Kier alpha value is -1.19. The number of ketones is 1. The zero-order valence-corrected chi connectivity index (χ0v) is 10.4. The van der Waals surface area contributed by atoms with E-state index in [4.69, 9.17) is 0 Å². The van der Waals surface area contributed by atoms with Gasteiger partial charge >= 0.3 is 0 Å². The summed E-state index contributed by atoms with van der Waals surface area (Å²) in [6, 6.07) is 10.8. The first-order chi connectivity index (χ1) is 8.24. The lowest BCUT2D eigenvalue weighted by molar-refractivity contribution is -0.117. The molecule has 1 saturated heterocycles. The topological polar surface area (TPSA) is 32.3 Å². The van der Waals surface area contributed by atoms with Gasteiger partial charge in [0.15, 0.2) is 0 Å². The van der Waals surface area contributed by atoms with Crippen LogP contribution in [0, 0.1) is 0 Å². The van der Waals surface area contributed by atoms with Crippen LogP contribution in [-0.2, 0) is 11.3 Å². The van der Waals surface area contributed by atoms with E-state index in [-0.39, 0.29) is 5.78 Å². The van der Waals surface area contributed by atoms with Crippen molar-refractivity contribution in [3.05, 3.63) is 35.9 Å². The van der Waals surface area contributed by atoms with Crippen molar-refractivity contribution in [2.45, 2.75) is 25.9 Å². The SMILES string of the molecule is CC(=O)C[C@H]1CN(Cc2ccccc2)CCN1. The Morgan fingerprint density at radius 1 is 1.41 bits per heavy atom. The molecule has 1 aliphatic rings.